The normalized spacial score (nSPS) is 15.3. The maximum atomic E-state index is 13.0. The summed E-state index contributed by atoms with van der Waals surface area (Å²) in [5, 5.41) is 15.2. The molecular weight excluding hydrogens is 409 g/mol. The summed E-state index contributed by atoms with van der Waals surface area (Å²) in [6.45, 7) is 2.66. The molecule has 30 heavy (non-hydrogen) atoms. The topological polar surface area (TPSA) is 74.5 Å². The summed E-state index contributed by atoms with van der Waals surface area (Å²) in [7, 11) is 0. The summed E-state index contributed by atoms with van der Waals surface area (Å²) in [6.07, 6.45) is 0.544. The van der Waals surface area contributed by atoms with Gasteiger partial charge >= 0.3 is 0 Å². The molecule has 0 bridgehead atoms. The lowest BCUT2D eigenvalue weighted by Gasteiger charge is -2.35. The highest BCUT2D eigenvalue weighted by Crippen LogP contribution is 2.20. The van der Waals surface area contributed by atoms with Gasteiger partial charge in [-0.2, -0.15) is 0 Å². The van der Waals surface area contributed by atoms with E-state index in [0.29, 0.717) is 36.8 Å². The Morgan fingerprint density at radius 2 is 1.73 bits per heavy atom. The van der Waals surface area contributed by atoms with Crippen LogP contribution in [0.3, 0.4) is 0 Å². The summed E-state index contributed by atoms with van der Waals surface area (Å²) in [6, 6.07) is 13.3. The molecule has 9 heteroatoms. The van der Waals surface area contributed by atoms with Gasteiger partial charge in [0.15, 0.2) is 0 Å². The van der Waals surface area contributed by atoms with Crippen molar-refractivity contribution in [2.45, 2.75) is 12.6 Å². The molecule has 1 aliphatic heterocycles. The molecule has 1 aliphatic rings. The first-order chi connectivity index (χ1) is 14.5. The van der Waals surface area contributed by atoms with E-state index in [1.807, 2.05) is 24.3 Å². The monoisotopic (exact) mass is 429 g/mol. The number of benzene rings is 2. The average molecular weight is 430 g/mol. The summed E-state index contributed by atoms with van der Waals surface area (Å²) < 4.78 is 14.4. The molecule has 1 fully saturated rings. The molecule has 1 aromatic heterocycles. The minimum absolute atomic E-state index is 0.0984. The second-order valence-electron chi connectivity index (χ2n) is 7.11. The van der Waals surface area contributed by atoms with Crippen LogP contribution in [-0.4, -0.2) is 56.9 Å². The number of amides is 1. The fourth-order valence-electron chi connectivity index (χ4n) is 3.41. The fourth-order valence-corrected chi connectivity index (χ4v) is 3.54. The molecule has 0 aliphatic carbocycles. The van der Waals surface area contributed by atoms with Gasteiger partial charge in [0.2, 0.25) is 5.82 Å². The smallest absolute Gasteiger partial charge is 0.293 e. The second-order valence-corrected chi connectivity index (χ2v) is 7.55. The van der Waals surface area contributed by atoms with E-state index in [1.165, 1.54) is 35.3 Å². The average Bonchev–Trinajstić information content (AvgIpc) is 3.23. The lowest BCUT2D eigenvalue weighted by atomic mass is 10.1. The van der Waals surface area contributed by atoms with E-state index in [4.69, 9.17) is 11.6 Å². The first-order valence-corrected chi connectivity index (χ1v) is 10.00. The quantitative estimate of drug-likeness (QED) is 0.675. The van der Waals surface area contributed by atoms with Crippen LogP contribution in [0.1, 0.15) is 22.3 Å². The van der Waals surface area contributed by atoms with Crippen molar-refractivity contribution in [1.82, 2.24) is 19.7 Å². The zero-order valence-electron chi connectivity index (χ0n) is 16.2. The Labute approximate surface area is 178 Å². The van der Waals surface area contributed by atoms with Gasteiger partial charge in [-0.25, -0.2) is 14.1 Å². The highest BCUT2D eigenvalue weighted by atomic mass is 35.5. The van der Waals surface area contributed by atoms with Gasteiger partial charge in [0.05, 0.1) is 12.6 Å². The van der Waals surface area contributed by atoms with Gasteiger partial charge < -0.3 is 14.9 Å². The van der Waals surface area contributed by atoms with E-state index in [9.17, 15) is 14.3 Å². The number of halogens is 2. The lowest BCUT2D eigenvalue weighted by Crippen LogP contribution is -2.49. The van der Waals surface area contributed by atoms with Crippen LogP contribution in [0.25, 0.3) is 0 Å². The van der Waals surface area contributed by atoms with Gasteiger partial charge in [-0.1, -0.05) is 23.7 Å². The van der Waals surface area contributed by atoms with Crippen LogP contribution in [0.15, 0.2) is 54.9 Å². The molecule has 156 valence electrons. The number of nitrogens with zero attached hydrogens (tertiary/aromatic N) is 5. The molecule has 4 rings (SSSR count). The van der Waals surface area contributed by atoms with E-state index in [-0.39, 0.29) is 24.1 Å². The third-order valence-corrected chi connectivity index (χ3v) is 5.35. The van der Waals surface area contributed by atoms with Crippen molar-refractivity contribution in [2.24, 2.45) is 0 Å². The molecule has 0 unspecified atom stereocenters. The third-order valence-electron chi connectivity index (χ3n) is 5.10. The number of carbonyl (C=O) groups excluding carboxylic acids is 1. The minimum Gasteiger partial charge on any atom is -0.386 e. The van der Waals surface area contributed by atoms with Crippen molar-refractivity contribution in [3.05, 3.63) is 77.1 Å². The highest BCUT2D eigenvalue weighted by molar-refractivity contribution is 6.30. The van der Waals surface area contributed by atoms with Crippen molar-refractivity contribution in [3.8, 4) is 0 Å². The molecule has 7 nitrogen and oxygen atoms in total. The minimum atomic E-state index is -0.877. The molecule has 1 amide bonds. The van der Waals surface area contributed by atoms with Gasteiger partial charge in [-0.05, 0) is 42.0 Å². The third kappa shape index (κ3) is 4.60. The van der Waals surface area contributed by atoms with Crippen LogP contribution in [0.4, 0.5) is 10.1 Å². The van der Waals surface area contributed by atoms with E-state index in [2.05, 4.69) is 15.0 Å². The molecular formula is C21H21ClFN5O2. The van der Waals surface area contributed by atoms with Crippen LogP contribution >= 0.6 is 11.6 Å². The van der Waals surface area contributed by atoms with Gasteiger partial charge in [-0.15, -0.1) is 5.10 Å². The zero-order chi connectivity index (χ0) is 21.1. The molecule has 0 spiro atoms. The van der Waals surface area contributed by atoms with Gasteiger partial charge in [-0.3, -0.25) is 4.79 Å². The van der Waals surface area contributed by atoms with Crippen LogP contribution in [0.2, 0.25) is 5.02 Å². The van der Waals surface area contributed by atoms with Gasteiger partial charge in [0, 0.05) is 36.9 Å². The summed E-state index contributed by atoms with van der Waals surface area (Å²) in [5.74, 6) is -0.502. The SMILES string of the molecule is O=C(c1ncn(C[C@@H](O)c2ccc(F)cc2)n1)N1CCN(c2ccc(Cl)cc2)CC1. The number of rotatable bonds is 5. The Balaban J connectivity index is 1.34. The standard InChI is InChI=1S/C21H21ClFN5O2/c22-16-3-7-18(8-4-16)26-9-11-27(12-10-26)21(30)20-24-14-28(25-20)13-19(29)15-1-5-17(23)6-2-15/h1-8,14,19,29H,9-13H2/t19-/m1/s1. The number of hydrogen-bond acceptors (Lipinski definition) is 5. The molecule has 1 N–H and O–H groups in total. The molecule has 1 atom stereocenters. The number of hydrogen-bond donors (Lipinski definition) is 1. The Hall–Kier alpha value is -2.97. The van der Waals surface area contributed by atoms with Crippen LogP contribution in [-0.2, 0) is 6.54 Å². The van der Waals surface area contributed by atoms with E-state index >= 15 is 0 Å². The predicted molar refractivity (Wildman–Crippen MR) is 111 cm³/mol. The number of carbonyl (C=O) groups is 1. The number of aromatic nitrogens is 3. The van der Waals surface area contributed by atoms with E-state index < -0.39 is 6.10 Å². The Bertz CT molecular complexity index is 1000. The number of aliphatic hydroxyl groups is 1. The summed E-state index contributed by atoms with van der Waals surface area (Å²) >= 11 is 5.94. The highest BCUT2D eigenvalue weighted by Gasteiger charge is 2.25. The van der Waals surface area contributed by atoms with Crippen LogP contribution in [0.5, 0.6) is 0 Å². The molecule has 3 aromatic rings. The van der Waals surface area contributed by atoms with Gasteiger partial charge in [0.1, 0.15) is 12.1 Å². The van der Waals surface area contributed by atoms with Crippen molar-refractivity contribution >= 4 is 23.2 Å². The maximum absolute atomic E-state index is 13.0. The van der Waals surface area contributed by atoms with Crippen molar-refractivity contribution < 1.29 is 14.3 Å². The fraction of sp³-hybridized carbons (Fsp3) is 0.286. The van der Waals surface area contributed by atoms with E-state index in [1.54, 1.807) is 4.90 Å². The van der Waals surface area contributed by atoms with Crippen LogP contribution < -0.4 is 4.90 Å². The number of piperazine rings is 1. The second kappa shape index (κ2) is 8.81. The van der Waals surface area contributed by atoms with Crippen molar-refractivity contribution in [1.29, 1.82) is 0 Å². The molecule has 0 saturated carbocycles. The predicted octanol–water partition coefficient (Wildman–Crippen LogP) is 2.77. The zero-order valence-corrected chi connectivity index (χ0v) is 16.9. The first-order valence-electron chi connectivity index (χ1n) is 9.62. The summed E-state index contributed by atoms with van der Waals surface area (Å²) in [4.78, 5) is 20.8. The van der Waals surface area contributed by atoms with Crippen LogP contribution in [0, 0.1) is 5.82 Å². The molecule has 0 radical (unpaired) electrons. The molecule has 2 aromatic carbocycles. The maximum Gasteiger partial charge on any atom is 0.293 e. The van der Waals surface area contributed by atoms with E-state index in [0.717, 1.165) is 5.69 Å². The van der Waals surface area contributed by atoms with Gasteiger partial charge in [0.25, 0.3) is 5.91 Å². The Morgan fingerprint density at radius 3 is 2.40 bits per heavy atom. The molecule has 1 saturated heterocycles. The number of anilines is 1. The van der Waals surface area contributed by atoms with Crippen molar-refractivity contribution in [3.63, 3.8) is 0 Å². The number of aliphatic hydroxyl groups excluding tert-OH is 1. The largest absolute Gasteiger partial charge is 0.386 e. The molecule has 2 heterocycles. The lowest BCUT2D eigenvalue weighted by molar-refractivity contribution is 0.0733. The van der Waals surface area contributed by atoms with Crippen molar-refractivity contribution in [2.75, 3.05) is 31.1 Å². The Morgan fingerprint density at radius 1 is 1.07 bits per heavy atom. The Kier molecular flexibility index (Phi) is 5.96. The first kappa shape index (κ1) is 20.3. The summed E-state index contributed by atoms with van der Waals surface area (Å²) in [5.41, 5.74) is 1.64.